The van der Waals surface area contributed by atoms with Crippen molar-refractivity contribution in [3.05, 3.63) is 112 Å². The van der Waals surface area contributed by atoms with Gasteiger partial charge in [-0.05, 0) is 54.4 Å². The first-order valence-corrected chi connectivity index (χ1v) is 11.2. The van der Waals surface area contributed by atoms with Crippen molar-refractivity contribution in [3.8, 4) is 0 Å². The molecule has 1 aromatic heterocycles. The van der Waals surface area contributed by atoms with E-state index >= 15 is 0 Å². The summed E-state index contributed by atoms with van der Waals surface area (Å²) in [4.78, 5) is 18.6. The molecule has 5 rings (SSSR count). The molecule has 0 bridgehead atoms. The van der Waals surface area contributed by atoms with Crippen LogP contribution in [0, 0.1) is 11.8 Å². The maximum atomic E-state index is 12.7. The summed E-state index contributed by atoms with van der Waals surface area (Å²) in [6.07, 6.45) is 3.30. The number of piperidine rings is 1. The lowest BCUT2D eigenvalue weighted by Crippen LogP contribution is -2.42. The zero-order chi connectivity index (χ0) is 21.0. The van der Waals surface area contributed by atoms with Gasteiger partial charge in [-0.25, -0.2) is 0 Å². The number of hydrogen-bond acceptors (Lipinski definition) is 2. The summed E-state index contributed by atoms with van der Waals surface area (Å²) in [7, 11) is 0. The Labute approximate surface area is 183 Å². The van der Waals surface area contributed by atoms with Gasteiger partial charge < -0.3 is 9.88 Å². The van der Waals surface area contributed by atoms with E-state index < -0.39 is 0 Å². The average molecular weight is 409 g/mol. The van der Waals surface area contributed by atoms with Crippen LogP contribution in [0.5, 0.6) is 0 Å². The second kappa shape index (κ2) is 8.81. The number of fused-ring (bicyclic) bond motifs is 1. The van der Waals surface area contributed by atoms with Crippen LogP contribution in [0.25, 0.3) is 10.9 Å². The lowest BCUT2D eigenvalue weighted by Gasteiger charge is -2.40. The molecule has 1 aliphatic rings. The van der Waals surface area contributed by atoms with Crippen molar-refractivity contribution in [1.82, 2.24) is 4.98 Å². The molecule has 2 heterocycles. The largest absolute Gasteiger partial charge is 0.358 e. The molecule has 2 atom stereocenters. The number of hydrogen-bond donors (Lipinski definition) is 1. The third kappa shape index (κ3) is 4.41. The van der Waals surface area contributed by atoms with Crippen molar-refractivity contribution in [2.75, 3.05) is 18.0 Å². The Morgan fingerprint density at radius 3 is 2.10 bits per heavy atom. The number of nitrogens with zero attached hydrogens (tertiary/aromatic N) is 1. The van der Waals surface area contributed by atoms with Gasteiger partial charge in [0.15, 0.2) is 5.43 Å². The lowest BCUT2D eigenvalue weighted by atomic mass is 9.78. The Balaban J connectivity index is 1.42. The SMILES string of the molecule is O=c1cc(N2CCC(Cc3ccccc3)C(Cc3ccccc3)C2)[nH]c2ccccc12. The summed E-state index contributed by atoms with van der Waals surface area (Å²) in [6.45, 7) is 1.93. The maximum Gasteiger partial charge on any atom is 0.191 e. The van der Waals surface area contributed by atoms with Crippen molar-refractivity contribution >= 4 is 16.7 Å². The molecular weight excluding hydrogens is 380 g/mol. The molecule has 1 N–H and O–H groups in total. The number of anilines is 1. The highest BCUT2D eigenvalue weighted by Crippen LogP contribution is 2.32. The van der Waals surface area contributed by atoms with Gasteiger partial charge in [-0.1, -0.05) is 72.8 Å². The molecule has 1 fully saturated rings. The number of benzene rings is 3. The predicted octanol–water partition coefficient (Wildman–Crippen LogP) is 5.46. The van der Waals surface area contributed by atoms with Crippen LogP contribution < -0.4 is 10.3 Å². The summed E-state index contributed by atoms with van der Waals surface area (Å²) in [5.74, 6) is 2.11. The molecule has 1 saturated heterocycles. The molecule has 156 valence electrons. The standard InChI is InChI=1S/C28H28N2O/c31-27-19-28(29-26-14-8-7-13-25(26)27)30-16-15-23(17-21-9-3-1-4-10-21)24(20-30)18-22-11-5-2-6-12-22/h1-14,19,23-24H,15-18,20H2,(H,29,31). The van der Waals surface area contributed by atoms with Crippen molar-refractivity contribution < 1.29 is 0 Å². The molecule has 1 aliphatic heterocycles. The van der Waals surface area contributed by atoms with E-state index in [0.717, 1.165) is 49.1 Å². The van der Waals surface area contributed by atoms with Crippen LogP contribution in [-0.2, 0) is 12.8 Å². The van der Waals surface area contributed by atoms with E-state index in [9.17, 15) is 4.79 Å². The monoisotopic (exact) mass is 408 g/mol. The Morgan fingerprint density at radius 1 is 0.774 bits per heavy atom. The Hall–Kier alpha value is -3.33. The summed E-state index contributed by atoms with van der Waals surface area (Å²) < 4.78 is 0. The fourth-order valence-corrected chi connectivity index (χ4v) is 4.99. The van der Waals surface area contributed by atoms with Gasteiger partial charge in [0.05, 0.1) is 5.52 Å². The van der Waals surface area contributed by atoms with Crippen LogP contribution in [0.3, 0.4) is 0 Å². The van der Waals surface area contributed by atoms with E-state index in [2.05, 4.69) is 70.5 Å². The molecule has 0 amide bonds. The van der Waals surface area contributed by atoms with Crippen molar-refractivity contribution in [2.45, 2.75) is 19.3 Å². The maximum absolute atomic E-state index is 12.7. The van der Waals surface area contributed by atoms with Gasteiger partial charge >= 0.3 is 0 Å². The van der Waals surface area contributed by atoms with E-state index in [1.807, 2.05) is 24.3 Å². The van der Waals surface area contributed by atoms with E-state index in [4.69, 9.17) is 0 Å². The van der Waals surface area contributed by atoms with Crippen LogP contribution in [0.2, 0.25) is 0 Å². The van der Waals surface area contributed by atoms with Crippen LogP contribution in [0.4, 0.5) is 5.82 Å². The van der Waals surface area contributed by atoms with Crippen LogP contribution in [0.15, 0.2) is 95.8 Å². The fourth-order valence-electron chi connectivity index (χ4n) is 4.99. The van der Waals surface area contributed by atoms with E-state index in [0.29, 0.717) is 11.8 Å². The van der Waals surface area contributed by atoms with Gasteiger partial charge in [0.2, 0.25) is 0 Å². The van der Waals surface area contributed by atoms with Gasteiger partial charge in [0.25, 0.3) is 0 Å². The molecular formula is C28H28N2O. The predicted molar refractivity (Wildman–Crippen MR) is 129 cm³/mol. The van der Waals surface area contributed by atoms with Crippen molar-refractivity contribution in [1.29, 1.82) is 0 Å². The van der Waals surface area contributed by atoms with E-state index in [1.54, 1.807) is 6.07 Å². The van der Waals surface area contributed by atoms with Crippen LogP contribution in [-0.4, -0.2) is 18.1 Å². The molecule has 0 aliphatic carbocycles. The fraction of sp³-hybridized carbons (Fsp3) is 0.250. The van der Waals surface area contributed by atoms with Crippen LogP contribution >= 0.6 is 0 Å². The van der Waals surface area contributed by atoms with Crippen molar-refractivity contribution in [2.24, 2.45) is 11.8 Å². The highest BCUT2D eigenvalue weighted by Gasteiger charge is 2.30. The molecule has 0 saturated carbocycles. The number of H-pyrrole nitrogens is 1. The molecule has 3 heteroatoms. The first kappa shape index (κ1) is 19.6. The molecule has 0 spiro atoms. The van der Waals surface area contributed by atoms with E-state index in [-0.39, 0.29) is 5.43 Å². The Morgan fingerprint density at radius 2 is 1.39 bits per heavy atom. The van der Waals surface area contributed by atoms with Gasteiger partial charge in [-0.15, -0.1) is 0 Å². The zero-order valence-electron chi connectivity index (χ0n) is 17.7. The number of aromatic nitrogens is 1. The first-order chi connectivity index (χ1) is 15.3. The molecule has 0 radical (unpaired) electrons. The lowest BCUT2D eigenvalue weighted by molar-refractivity contribution is 0.274. The summed E-state index contributed by atoms with van der Waals surface area (Å²) in [6, 6.07) is 31.2. The quantitative estimate of drug-likeness (QED) is 0.476. The van der Waals surface area contributed by atoms with Gasteiger partial charge in [0, 0.05) is 24.5 Å². The molecule has 31 heavy (non-hydrogen) atoms. The first-order valence-electron chi connectivity index (χ1n) is 11.2. The second-order valence-electron chi connectivity index (χ2n) is 8.70. The third-order valence-corrected chi connectivity index (χ3v) is 6.64. The zero-order valence-corrected chi connectivity index (χ0v) is 17.7. The van der Waals surface area contributed by atoms with Gasteiger partial charge in [0.1, 0.15) is 5.82 Å². The summed E-state index contributed by atoms with van der Waals surface area (Å²) in [5, 5.41) is 0.756. The van der Waals surface area contributed by atoms with Crippen molar-refractivity contribution in [3.63, 3.8) is 0 Å². The summed E-state index contributed by atoms with van der Waals surface area (Å²) >= 11 is 0. The third-order valence-electron chi connectivity index (χ3n) is 6.64. The number of rotatable bonds is 5. The van der Waals surface area contributed by atoms with Crippen LogP contribution in [0.1, 0.15) is 17.5 Å². The highest BCUT2D eigenvalue weighted by atomic mass is 16.1. The number of para-hydroxylation sites is 1. The molecule has 4 aromatic rings. The van der Waals surface area contributed by atoms with Gasteiger partial charge in [-0.3, -0.25) is 4.79 Å². The number of pyridine rings is 1. The Bertz CT molecular complexity index is 1200. The molecule has 2 unspecified atom stereocenters. The smallest absolute Gasteiger partial charge is 0.191 e. The minimum absolute atomic E-state index is 0.0929. The van der Waals surface area contributed by atoms with Gasteiger partial charge in [-0.2, -0.15) is 0 Å². The summed E-state index contributed by atoms with van der Waals surface area (Å²) in [5.41, 5.74) is 3.81. The minimum Gasteiger partial charge on any atom is -0.358 e. The topological polar surface area (TPSA) is 36.1 Å². The molecule has 3 aromatic carbocycles. The minimum atomic E-state index is 0.0929. The highest BCUT2D eigenvalue weighted by molar-refractivity contribution is 5.80. The number of aromatic amines is 1. The second-order valence-corrected chi connectivity index (χ2v) is 8.70. The average Bonchev–Trinajstić information content (AvgIpc) is 2.81. The van der Waals surface area contributed by atoms with E-state index in [1.165, 1.54) is 11.1 Å². The normalized spacial score (nSPS) is 18.9. The molecule has 3 nitrogen and oxygen atoms in total. The number of nitrogens with one attached hydrogen (secondary N) is 1. The Kier molecular flexibility index (Phi) is 5.57.